The molecule has 0 N–H and O–H groups in total. The molecule has 0 spiro atoms. The monoisotopic (exact) mass is 152 g/mol. The Morgan fingerprint density at radius 2 is 2.18 bits per heavy atom. The first-order valence-electron chi connectivity index (χ1n) is 4.48. The Kier molecular flexibility index (Phi) is 0.947. The van der Waals surface area contributed by atoms with E-state index in [1.807, 2.05) is 0 Å². The van der Waals surface area contributed by atoms with Gasteiger partial charge in [-0.05, 0) is 18.8 Å². The van der Waals surface area contributed by atoms with Crippen LogP contribution < -0.4 is 0 Å². The summed E-state index contributed by atoms with van der Waals surface area (Å²) in [5.41, 5.74) is 0. The van der Waals surface area contributed by atoms with Gasteiger partial charge in [0.2, 0.25) is 0 Å². The van der Waals surface area contributed by atoms with E-state index in [2.05, 4.69) is 6.92 Å². The minimum atomic E-state index is 0.278. The summed E-state index contributed by atoms with van der Waals surface area (Å²) in [4.78, 5) is 11.5. The summed E-state index contributed by atoms with van der Waals surface area (Å²) < 4.78 is 5.48. The number of hydrogen-bond acceptors (Lipinski definition) is 2. The maximum Gasteiger partial charge on any atom is 0.141 e. The predicted molar refractivity (Wildman–Crippen MR) is 39.0 cm³/mol. The Morgan fingerprint density at radius 3 is 2.91 bits per heavy atom. The van der Waals surface area contributed by atoms with Crippen LogP contribution in [-0.2, 0) is 9.53 Å². The van der Waals surface area contributed by atoms with Crippen LogP contribution in [0.2, 0.25) is 0 Å². The van der Waals surface area contributed by atoms with Crippen LogP contribution in [0, 0.1) is 17.8 Å². The lowest BCUT2D eigenvalue weighted by Crippen LogP contribution is -2.44. The molecule has 2 heteroatoms. The van der Waals surface area contributed by atoms with E-state index in [1.54, 1.807) is 0 Å². The second-order valence-electron chi connectivity index (χ2n) is 4.10. The van der Waals surface area contributed by atoms with Gasteiger partial charge in [-0.25, -0.2) is 0 Å². The van der Waals surface area contributed by atoms with Crippen LogP contribution in [0.1, 0.15) is 19.8 Å². The molecule has 3 saturated carbocycles. The summed E-state index contributed by atoms with van der Waals surface area (Å²) in [6.45, 7) is 2.07. The fourth-order valence-electron chi connectivity index (χ4n) is 2.89. The molecule has 1 saturated heterocycles. The number of Topliss-reactive ketones (excluding diaryl/α,β-unsaturated/α-hetero) is 1. The van der Waals surface area contributed by atoms with Gasteiger partial charge in [-0.1, -0.05) is 6.92 Å². The Balaban J connectivity index is 2.00. The topological polar surface area (TPSA) is 29.6 Å². The van der Waals surface area contributed by atoms with Gasteiger partial charge >= 0.3 is 0 Å². The minimum Gasteiger partial charge on any atom is -0.368 e. The van der Waals surface area contributed by atoms with E-state index >= 15 is 0 Å². The second-order valence-corrected chi connectivity index (χ2v) is 4.10. The molecular weight excluding hydrogens is 140 g/mol. The standard InChI is InChI=1S/C9H12O2/c1-4-5-2-3-6(7(4)10)9-8(5)11-9/h4-6,8-9H,2-3H2,1H3. The number of ether oxygens (including phenoxy) is 1. The molecule has 5 atom stereocenters. The zero-order chi connectivity index (χ0) is 7.59. The average molecular weight is 152 g/mol. The summed E-state index contributed by atoms with van der Waals surface area (Å²) in [5, 5.41) is 0. The van der Waals surface area contributed by atoms with E-state index in [1.165, 1.54) is 6.42 Å². The molecule has 0 aromatic heterocycles. The van der Waals surface area contributed by atoms with Gasteiger partial charge in [-0.2, -0.15) is 0 Å². The van der Waals surface area contributed by atoms with Crippen molar-refractivity contribution in [2.24, 2.45) is 17.8 Å². The largest absolute Gasteiger partial charge is 0.368 e. The van der Waals surface area contributed by atoms with Gasteiger partial charge in [0.15, 0.2) is 0 Å². The molecule has 4 rings (SSSR count). The number of epoxide rings is 1. The van der Waals surface area contributed by atoms with E-state index in [9.17, 15) is 4.79 Å². The zero-order valence-corrected chi connectivity index (χ0v) is 6.62. The number of carbonyl (C=O) groups excluding carboxylic acids is 1. The van der Waals surface area contributed by atoms with E-state index in [0.29, 0.717) is 23.9 Å². The summed E-state index contributed by atoms with van der Waals surface area (Å²) in [6, 6.07) is 0. The van der Waals surface area contributed by atoms with Crippen molar-refractivity contribution < 1.29 is 9.53 Å². The van der Waals surface area contributed by atoms with Gasteiger partial charge in [-0.15, -0.1) is 0 Å². The molecule has 60 valence electrons. The quantitative estimate of drug-likeness (QED) is 0.484. The molecule has 2 bridgehead atoms. The molecule has 2 nitrogen and oxygen atoms in total. The molecule has 4 fully saturated rings. The van der Waals surface area contributed by atoms with E-state index in [0.717, 1.165) is 6.42 Å². The van der Waals surface area contributed by atoms with Crippen LogP contribution in [0.4, 0.5) is 0 Å². The zero-order valence-electron chi connectivity index (χ0n) is 6.62. The first kappa shape index (κ1) is 6.18. The number of carbonyl (C=O) groups is 1. The molecule has 0 amide bonds. The molecular formula is C9H12O2. The lowest BCUT2D eigenvalue weighted by Gasteiger charge is -2.35. The fourth-order valence-corrected chi connectivity index (χ4v) is 2.89. The first-order valence-corrected chi connectivity index (χ1v) is 4.48. The van der Waals surface area contributed by atoms with Crippen molar-refractivity contribution in [2.75, 3.05) is 0 Å². The van der Waals surface area contributed by atoms with Gasteiger partial charge in [0.25, 0.3) is 0 Å². The van der Waals surface area contributed by atoms with Crippen LogP contribution in [0.25, 0.3) is 0 Å². The molecule has 3 aliphatic carbocycles. The van der Waals surface area contributed by atoms with Gasteiger partial charge in [0.05, 0.1) is 12.2 Å². The second kappa shape index (κ2) is 1.69. The van der Waals surface area contributed by atoms with Crippen LogP contribution >= 0.6 is 0 Å². The summed E-state index contributed by atoms with van der Waals surface area (Å²) in [6.07, 6.45) is 3.13. The van der Waals surface area contributed by atoms with Crippen LogP contribution in [0.5, 0.6) is 0 Å². The highest BCUT2D eigenvalue weighted by Crippen LogP contribution is 2.53. The molecule has 0 aromatic rings. The Hall–Kier alpha value is -0.370. The van der Waals surface area contributed by atoms with Gasteiger partial charge in [0, 0.05) is 11.8 Å². The van der Waals surface area contributed by atoms with Crippen molar-refractivity contribution in [3.8, 4) is 0 Å². The smallest absolute Gasteiger partial charge is 0.141 e. The third-order valence-corrected chi connectivity index (χ3v) is 3.65. The summed E-state index contributed by atoms with van der Waals surface area (Å²) in [5.74, 6) is 1.61. The van der Waals surface area contributed by atoms with Crippen LogP contribution in [-0.4, -0.2) is 18.0 Å². The maximum absolute atomic E-state index is 11.5. The highest BCUT2D eigenvalue weighted by atomic mass is 16.6. The van der Waals surface area contributed by atoms with Crippen molar-refractivity contribution in [1.82, 2.24) is 0 Å². The Morgan fingerprint density at radius 1 is 1.36 bits per heavy atom. The maximum atomic E-state index is 11.5. The number of rotatable bonds is 0. The predicted octanol–water partition coefficient (Wildman–Crippen LogP) is 0.999. The van der Waals surface area contributed by atoms with Gasteiger partial charge < -0.3 is 4.74 Å². The normalized spacial score (nSPS) is 59.4. The van der Waals surface area contributed by atoms with Crippen LogP contribution in [0.3, 0.4) is 0 Å². The Labute approximate surface area is 65.9 Å². The van der Waals surface area contributed by atoms with Crippen LogP contribution in [0.15, 0.2) is 0 Å². The van der Waals surface area contributed by atoms with E-state index in [4.69, 9.17) is 4.74 Å². The Bertz CT molecular complexity index is 224. The molecule has 1 heterocycles. The minimum absolute atomic E-state index is 0.278. The molecule has 11 heavy (non-hydrogen) atoms. The molecule has 0 aromatic carbocycles. The summed E-state index contributed by atoms with van der Waals surface area (Å²) in [7, 11) is 0. The van der Waals surface area contributed by atoms with Crippen molar-refractivity contribution in [2.45, 2.75) is 32.0 Å². The van der Waals surface area contributed by atoms with Crippen molar-refractivity contribution in [3.63, 3.8) is 0 Å². The van der Waals surface area contributed by atoms with Crippen molar-refractivity contribution in [3.05, 3.63) is 0 Å². The molecule has 1 aliphatic heterocycles. The van der Waals surface area contributed by atoms with E-state index < -0.39 is 0 Å². The first-order chi connectivity index (χ1) is 5.29. The number of ketones is 1. The van der Waals surface area contributed by atoms with Crippen molar-refractivity contribution in [1.29, 1.82) is 0 Å². The fraction of sp³-hybridized carbons (Fsp3) is 0.889. The van der Waals surface area contributed by atoms with Gasteiger partial charge in [0.1, 0.15) is 5.78 Å². The third kappa shape index (κ3) is 0.598. The molecule has 0 radical (unpaired) electrons. The summed E-state index contributed by atoms with van der Waals surface area (Å²) >= 11 is 0. The third-order valence-electron chi connectivity index (χ3n) is 3.65. The lowest BCUT2D eigenvalue weighted by molar-refractivity contribution is -0.132. The highest BCUT2D eigenvalue weighted by Gasteiger charge is 2.61. The van der Waals surface area contributed by atoms with Gasteiger partial charge in [-0.3, -0.25) is 4.79 Å². The number of hydrogen-bond donors (Lipinski definition) is 0. The highest BCUT2D eigenvalue weighted by molar-refractivity contribution is 5.86. The SMILES string of the molecule is CC1C(=O)C2CCC1C1OC21. The van der Waals surface area contributed by atoms with Crippen molar-refractivity contribution >= 4 is 5.78 Å². The molecule has 4 aliphatic rings. The molecule has 5 unspecified atom stereocenters. The lowest BCUT2D eigenvalue weighted by atomic mass is 9.64. The van der Waals surface area contributed by atoms with E-state index in [-0.39, 0.29) is 11.8 Å². The number of fused-ring (bicyclic) bond motifs is 2. The average Bonchev–Trinajstić information content (AvgIpc) is 2.76.